The summed E-state index contributed by atoms with van der Waals surface area (Å²) in [5, 5.41) is 8.22. The van der Waals surface area contributed by atoms with Gasteiger partial charge in [0.1, 0.15) is 11.6 Å². The molecule has 0 aromatic heterocycles. The summed E-state index contributed by atoms with van der Waals surface area (Å²) < 4.78 is 17.2. The van der Waals surface area contributed by atoms with Gasteiger partial charge in [-0.25, -0.2) is 14.0 Å². The van der Waals surface area contributed by atoms with Gasteiger partial charge in [0.2, 0.25) is 0 Å². The highest BCUT2D eigenvalue weighted by atomic mass is 19.1. The summed E-state index contributed by atoms with van der Waals surface area (Å²) in [6, 6.07) is 4.98. The summed E-state index contributed by atoms with van der Waals surface area (Å²) in [4.78, 5) is 21.0. The molecule has 0 atom stereocenters. The quantitative estimate of drug-likeness (QED) is 0.465. The second-order valence-corrected chi connectivity index (χ2v) is 2.55. The van der Waals surface area contributed by atoms with Gasteiger partial charge in [-0.05, 0) is 12.1 Å². The molecular formula is C10H7FO4. The summed E-state index contributed by atoms with van der Waals surface area (Å²) in [5.74, 6) is -2.65. The van der Waals surface area contributed by atoms with Gasteiger partial charge >= 0.3 is 11.9 Å². The van der Waals surface area contributed by atoms with Crippen molar-refractivity contribution in [1.82, 2.24) is 0 Å². The first-order valence-corrected chi connectivity index (χ1v) is 3.96. The predicted molar refractivity (Wildman–Crippen MR) is 48.8 cm³/mol. The van der Waals surface area contributed by atoms with Crippen LogP contribution >= 0.6 is 0 Å². The third-order valence-corrected chi connectivity index (χ3v) is 1.38. The molecule has 0 radical (unpaired) electrons. The van der Waals surface area contributed by atoms with Gasteiger partial charge in [0.05, 0.1) is 0 Å². The number of hydrogen-bond donors (Lipinski definition) is 1. The molecule has 0 heterocycles. The molecule has 0 bridgehead atoms. The number of esters is 1. The van der Waals surface area contributed by atoms with Crippen LogP contribution in [0.5, 0.6) is 5.75 Å². The zero-order valence-electron chi connectivity index (χ0n) is 7.51. The average molecular weight is 210 g/mol. The molecule has 0 aliphatic carbocycles. The summed E-state index contributed by atoms with van der Waals surface area (Å²) in [6.07, 6.45) is 1.38. The monoisotopic (exact) mass is 210 g/mol. The van der Waals surface area contributed by atoms with E-state index < -0.39 is 17.8 Å². The van der Waals surface area contributed by atoms with Crippen molar-refractivity contribution in [2.24, 2.45) is 0 Å². The molecule has 1 aromatic rings. The maximum absolute atomic E-state index is 12.6. The maximum Gasteiger partial charge on any atom is 0.336 e. The number of rotatable bonds is 3. The molecular weight excluding hydrogens is 203 g/mol. The SMILES string of the molecule is O=C(O)/C=C/C(=O)Oc1cccc(F)c1. The van der Waals surface area contributed by atoms with Crippen molar-refractivity contribution >= 4 is 11.9 Å². The molecule has 15 heavy (non-hydrogen) atoms. The highest BCUT2D eigenvalue weighted by Gasteiger charge is 2.01. The number of benzene rings is 1. The average Bonchev–Trinajstić information content (AvgIpc) is 2.15. The van der Waals surface area contributed by atoms with Gasteiger partial charge in [0.25, 0.3) is 0 Å². The largest absolute Gasteiger partial charge is 0.478 e. The summed E-state index contributed by atoms with van der Waals surface area (Å²) in [5.41, 5.74) is 0. The number of aliphatic carboxylic acids is 1. The molecule has 5 heteroatoms. The fourth-order valence-corrected chi connectivity index (χ4v) is 0.820. The predicted octanol–water partition coefficient (Wildman–Crippen LogP) is 1.37. The Balaban J connectivity index is 2.63. The smallest absolute Gasteiger partial charge is 0.336 e. The van der Waals surface area contributed by atoms with Gasteiger partial charge in [-0.2, -0.15) is 0 Å². The lowest BCUT2D eigenvalue weighted by molar-refractivity contribution is -0.133. The van der Waals surface area contributed by atoms with E-state index >= 15 is 0 Å². The number of ether oxygens (including phenoxy) is 1. The number of carbonyl (C=O) groups excluding carboxylic acids is 1. The number of carbonyl (C=O) groups is 2. The third kappa shape index (κ3) is 4.04. The van der Waals surface area contributed by atoms with Gasteiger partial charge in [-0.15, -0.1) is 0 Å². The van der Waals surface area contributed by atoms with E-state index in [1.807, 2.05) is 0 Å². The summed E-state index contributed by atoms with van der Waals surface area (Å²) in [6.45, 7) is 0. The minimum Gasteiger partial charge on any atom is -0.478 e. The van der Waals surface area contributed by atoms with Gasteiger partial charge in [0, 0.05) is 18.2 Å². The second-order valence-electron chi connectivity index (χ2n) is 2.55. The van der Waals surface area contributed by atoms with Crippen LogP contribution in [0.2, 0.25) is 0 Å². The Hall–Kier alpha value is -2.17. The molecule has 0 saturated heterocycles. The second kappa shape index (κ2) is 4.90. The van der Waals surface area contributed by atoms with E-state index in [1.54, 1.807) is 0 Å². The first-order valence-electron chi connectivity index (χ1n) is 3.96. The topological polar surface area (TPSA) is 63.6 Å². The van der Waals surface area contributed by atoms with Crippen LogP contribution in [0.25, 0.3) is 0 Å². The molecule has 0 unspecified atom stereocenters. The molecule has 1 aromatic carbocycles. The van der Waals surface area contributed by atoms with E-state index in [0.717, 1.165) is 12.1 Å². The molecule has 0 amide bonds. The normalized spacial score (nSPS) is 10.2. The first kappa shape index (κ1) is 10.9. The van der Waals surface area contributed by atoms with E-state index in [1.165, 1.54) is 18.2 Å². The highest BCUT2D eigenvalue weighted by molar-refractivity contribution is 5.91. The molecule has 0 aliphatic heterocycles. The van der Waals surface area contributed by atoms with Crippen molar-refractivity contribution in [2.45, 2.75) is 0 Å². The third-order valence-electron chi connectivity index (χ3n) is 1.38. The van der Waals surface area contributed by atoms with Crippen molar-refractivity contribution in [3.05, 3.63) is 42.2 Å². The van der Waals surface area contributed by atoms with Crippen molar-refractivity contribution in [1.29, 1.82) is 0 Å². The van der Waals surface area contributed by atoms with Crippen LogP contribution in [-0.2, 0) is 9.59 Å². The summed E-state index contributed by atoms with van der Waals surface area (Å²) in [7, 11) is 0. The molecule has 0 saturated carbocycles. The van der Waals surface area contributed by atoms with Gasteiger partial charge in [-0.3, -0.25) is 0 Å². The fourth-order valence-electron chi connectivity index (χ4n) is 0.820. The van der Waals surface area contributed by atoms with Crippen molar-refractivity contribution in [2.75, 3.05) is 0 Å². The molecule has 0 spiro atoms. The van der Waals surface area contributed by atoms with Crippen molar-refractivity contribution < 1.29 is 23.8 Å². The molecule has 0 aliphatic rings. The number of carboxylic acids is 1. The number of carboxylic acid groups (broad SMARTS) is 1. The standard InChI is InChI=1S/C10H7FO4/c11-7-2-1-3-8(6-7)15-10(14)5-4-9(12)13/h1-6H,(H,12,13)/b5-4+. The lowest BCUT2D eigenvalue weighted by Crippen LogP contribution is -2.04. The molecule has 0 fully saturated rings. The lowest BCUT2D eigenvalue weighted by atomic mass is 10.3. The van der Waals surface area contributed by atoms with E-state index in [2.05, 4.69) is 4.74 Å². The highest BCUT2D eigenvalue weighted by Crippen LogP contribution is 2.11. The fraction of sp³-hybridized carbons (Fsp3) is 0. The van der Waals surface area contributed by atoms with Crippen LogP contribution in [0.1, 0.15) is 0 Å². The Kier molecular flexibility index (Phi) is 3.56. The molecule has 1 N–H and O–H groups in total. The summed E-state index contributed by atoms with van der Waals surface area (Å²) >= 11 is 0. The van der Waals surface area contributed by atoms with E-state index in [4.69, 9.17) is 5.11 Å². The van der Waals surface area contributed by atoms with Crippen LogP contribution < -0.4 is 4.74 Å². The number of halogens is 1. The Bertz CT molecular complexity index is 412. The lowest BCUT2D eigenvalue weighted by Gasteiger charge is -1.99. The van der Waals surface area contributed by atoms with Crippen LogP contribution in [0.3, 0.4) is 0 Å². The Morgan fingerprint density at radius 3 is 2.67 bits per heavy atom. The van der Waals surface area contributed by atoms with Crippen LogP contribution in [-0.4, -0.2) is 17.0 Å². The minimum absolute atomic E-state index is 0.0232. The van der Waals surface area contributed by atoms with Crippen LogP contribution in [0, 0.1) is 5.82 Å². The Labute approximate surface area is 84.6 Å². The zero-order chi connectivity index (χ0) is 11.3. The van der Waals surface area contributed by atoms with Gasteiger partial charge in [-0.1, -0.05) is 6.07 Å². The first-order chi connectivity index (χ1) is 7.08. The Morgan fingerprint density at radius 1 is 1.33 bits per heavy atom. The van der Waals surface area contributed by atoms with Crippen LogP contribution in [0.4, 0.5) is 4.39 Å². The zero-order valence-corrected chi connectivity index (χ0v) is 7.51. The Morgan fingerprint density at radius 2 is 2.07 bits per heavy atom. The van der Waals surface area contributed by atoms with Crippen molar-refractivity contribution in [3.63, 3.8) is 0 Å². The van der Waals surface area contributed by atoms with Crippen LogP contribution in [0.15, 0.2) is 36.4 Å². The number of hydrogen-bond acceptors (Lipinski definition) is 3. The molecule has 1 rings (SSSR count). The maximum atomic E-state index is 12.6. The van der Waals surface area contributed by atoms with E-state index in [-0.39, 0.29) is 5.75 Å². The van der Waals surface area contributed by atoms with E-state index in [0.29, 0.717) is 6.08 Å². The van der Waals surface area contributed by atoms with E-state index in [9.17, 15) is 14.0 Å². The van der Waals surface area contributed by atoms with Gasteiger partial charge < -0.3 is 9.84 Å². The minimum atomic E-state index is -1.26. The molecule has 78 valence electrons. The van der Waals surface area contributed by atoms with Crippen molar-refractivity contribution in [3.8, 4) is 5.75 Å². The molecule has 4 nitrogen and oxygen atoms in total. The van der Waals surface area contributed by atoms with Gasteiger partial charge in [0.15, 0.2) is 0 Å².